The third kappa shape index (κ3) is 49.5. The molecule has 284 valence electrons. The molecule has 0 aliphatic heterocycles. The first-order chi connectivity index (χ1) is 22.0. The van der Waals surface area contributed by atoms with Gasteiger partial charge in [0.1, 0.15) is 0 Å². The molecule has 0 saturated heterocycles. The van der Waals surface area contributed by atoms with Crippen molar-refractivity contribution in [1.29, 1.82) is 0 Å². The topological polar surface area (TPSA) is 138 Å². The van der Waals surface area contributed by atoms with Gasteiger partial charge in [-0.3, -0.25) is 17.4 Å². The number of carbonyl (C=O) groups is 2. The van der Waals surface area contributed by atoms with Gasteiger partial charge in [0.2, 0.25) is 0 Å². The first-order valence-corrected chi connectivity index (χ1v) is 20.1. The van der Waals surface area contributed by atoms with E-state index in [9.17, 15) is 9.59 Å². The summed E-state index contributed by atoms with van der Waals surface area (Å²) in [6.45, 7) is 8.30. The zero-order chi connectivity index (χ0) is 36.5. The average Bonchev–Trinajstić information content (AvgIpc) is 2.96. The fourth-order valence-electron chi connectivity index (χ4n) is 4.79. The molecule has 10 nitrogen and oxygen atoms in total. The normalized spacial score (nSPS) is 11.8. The summed E-state index contributed by atoms with van der Waals surface area (Å²) in [6, 6.07) is 0. The van der Waals surface area contributed by atoms with Gasteiger partial charge in [-0.1, -0.05) is 129 Å². The third-order valence-corrected chi connectivity index (χ3v) is 7.94. The Morgan fingerprint density at radius 3 is 0.872 bits per heavy atom. The Balaban J connectivity index is -0.000000719. The number of hydrogen-bond donors (Lipinski definition) is 2. The Morgan fingerprint density at radius 2 is 0.660 bits per heavy atom. The smallest absolute Gasteiger partial charge is 0.314 e. The number of amides is 2. The summed E-state index contributed by atoms with van der Waals surface area (Å²) in [4.78, 5) is 23.4. The molecule has 0 spiro atoms. The Kier molecular flexibility index (Phi) is 36.0. The van der Waals surface area contributed by atoms with E-state index < -0.39 is 10.4 Å². The largest absolute Gasteiger partial charge is 0.759 e. The molecule has 0 aromatic heterocycles. The summed E-state index contributed by atoms with van der Waals surface area (Å²) in [5.74, 6) is 0.594. The van der Waals surface area contributed by atoms with E-state index in [1.165, 1.54) is 128 Å². The van der Waals surface area contributed by atoms with Crippen molar-refractivity contribution >= 4 is 22.2 Å². The minimum absolute atomic E-state index is 0.297. The van der Waals surface area contributed by atoms with Crippen molar-refractivity contribution in [3.63, 3.8) is 0 Å². The summed E-state index contributed by atoms with van der Waals surface area (Å²) in [7, 11) is 6.44. The van der Waals surface area contributed by atoms with E-state index in [1.807, 2.05) is 42.3 Å². The summed E-state index contributed by atoms with van der Waals surface area (Å²) in [5.41, 5.74) is 0. The van der Waals surface area contributed by atoms with Crippen molar-refractivity contribution in [1.82, 2.24) is 10.6 Å². The fraction of sp³-hybridized carbons (Fsp3) is 0.944. The van der Waals surface area contributed by atoms with Crippen molar-refractivity contribution in [2.45, 2.75) is 155 Å². The van der Waals surface area contributed by atoms with E-state index in [4.69, 9.17) is 17.5 Å². The lowest BCUT2D eigenvalue weighted by atomic mass is 10.1. The van der Waals surface area contributed by atoms with Gasteiger partial charge in [-0.25, -0.2) is 9.59 Å². The molecule has 0 aromatic carbocycles. The molecule has 0 saturated carbocycles. The molecule has 2 N–H and O–H groups in total. The lowest BCUT2D eigenvalue weighted by Gasteiger charge is -2.20. The van der Waals surface area contributed by atoms with Crippen LogP contribution in [0.15, 0.2) is 0 Å². The van der Waals surface area contributed by atoms with Gasteiger partial charge in [0.25, 0.3) is 0 Å². The molecule has 0 aliphatic rings. The van der Waals surface area contributed by atoms with Gasteiger partial charge in [0.15, 0.2) is 0 Å². The second-order valence-electron chi connectivity index (χ2n) is 14.6. The highest BCUT2D eigenvalue weighted by Gasteiger charge is 2.19. The highest BCUT2D eigenvalue weighted by atomic mass is 32.3. The minimum Gasteiger partial charge on any atom is -0.759 e. The van der Waals surface area contributed by atoms with Crippen LogP contribution < -0.4 is 10.6 Å². The first kappa shape index (κ1) is 50.4. The number of carbonyl (C=O) groups excluding carboxylic acids is 2. The maximum Gasteiger partial charge on any atom is 0.314 e. The fourth-order valence-corrected chi connectivity index (χ4v) is 4.79. The predicted molar refractivity (Wildman–Crippen MR) is 195 cm³/mol. The number of nitrogens with one attached hydrogen (secondary N) is 2. The lowest BCUT2D eigenvalue weighted by Crippen LogP contribution is -2.42. The van der Waals surface area contributed by atoms with Gasteiger partial charge >= 0.3 is 11.8 Å². The van der Waals surface area contributed by atoms with Crippen molar-refractivity contribution in [2.24, 2.45) is 0 Å². The molecular weight excluding hydrogens is 616 g/mol. The average molecular weight is 695 g/mol. The van der Waals surface area contributed by atoms with Crippen molar-refractivity contribution in [3.05, 3.63) is 0 Å². The van der Waals surface area contributed by atoms with Crippen LogP contribution >= 0.6 is 0 Å². The van der Waals surface area contributed by atoms with Crippen LogP contribution in [0.1, 0.15) is 155 Å². The van der Waals surface area contributed by atoms with E-state index in [0.29, 0.717) is 33.6 Å². The quantitative estimate of drug-likeness (QED) is 0.0390. The number of rotatable bonds is 28. The summed E-state index contributed by atoms with van der Waals surface area (Å²) >= 11 is 0. The molecule has 0 aliphatic carbocycles. The van der Waals surface area contributed by atoms with Crippen LogP contribution in [0.2, 0.25) is 0 Å². The van der Waals surface area contributed by atoms with Crippen LogP contribution in [-0.2, 0) is 20.0 Å². The van der Waals surface area contributed by atoms with Crippen LogP contribution in [-0.4, -0.2) is 107 Å². The number of quaternary nitrogens is 2. The van der Waals surface area contributed by atoms with Crippen LogP contribution in [0.5, 0.6) is 0 Å². The maximum absolute atomic E-state index is 11.7. The van der Waals surface area contributed by atoms with Crippen LogP contribution in [0.25, 0.3) is 0 Å². The van der Waals surface area contributed by atoms with E-state index >= 15 is 0 Å². The standard InChI is InChI=1S/2C18H39N2O.H2O4S/c2*1-5-6-7-8-9-10-11-12-13-14-16-19-17-15-18(21)20(2,3)4;1-5(2,3)4/h2*19H,5-17H2,1-4H3;(H2,1,2,3,4)/q2*+1;/p-2. The van der Waals surface area contributed by atoms with Crippen LogP contribution in [0.3, 0.4) is 0 Å². The molecule has 2 amide bonds. The zero-order valence-electron chi connectivity index (χ0n) is 32.1. The molecule has 0 rings (SSSR count). The summed E-state index contributed by atoms with van der Waals surface area (Å²) in [5, 5.41) is 6.77. The monoisotopic (exact) mass is 695 g/mol. The Hall–Kier alpha value is -0.950. The highest BCUT2D eigenvalue weighted by molar-refractivity contribution is 7.79. The Labute approximate surface area is 292 Å². The number of hydrogen-bond acceptors (Lipinski definition) is 8. The second-order valence-corrected chi connectivity index (χ2v) is 15.4. The van der Waals surface area contributed by atoms with E-state index in [-0.39, 0.29) is 0 Å². The summed E-state index contributed by atoms with van der Waals surface area (Å²) < 4.78 is 34.9. The molecular formula is C36H78N4O6S. The van der Waals surface area contributed by atoms with Crippen molar-refractivity contribution in [3.8, 4) is 0 Å². The minimum atomic E-state index is -5.17. The van der Waals surface area contributed by atoms with E-state index in [0.717, 1.165) is 26.2 Å². The van der Waals surface area contributed by atoms with Gasteiger partial charge in [0, 0.05) is 23.5 Å². The van der Waals surface area contributed by atoms with Gasteiger partial charge in [-0.15, -0.1) is 0 Å². The molecule has 0 bridgehead atoms. The molecule has 0 heterocycles. The first-order valence-electron chi connectivity index (χ1n) is 18.7. The van der Waals surface area contributed by atoms with E-state index in [1.54, 1.807) is 0 Å². The van der Waals surface area contributed by atoms with Gasteiger partial charge in [-0.05, 0) is 25.9 Å². The zero-order valence-corrected chi connectivity index (χ0v) is 33.0. The SMILES string of the molecule is CCCCCCCCCCCCNCCC(=O)[N+](C)(C)C.CCCCCCCCCCCCNCCC(=O)[N+](C)(C)C.O=S(=O)([O-])[O-]. The number of nitrogens with zero attached hydrogens (tertiary/aromatic N) is 2. The lowest BCUT2D eigenvalue weighted by molar-refractivity contribution is -0.792. The molecule has 0 radical (unpaired) electrons. The number of unbranched alkanes of at least 4 members (excludes halogenated alkanes) is 18. The maximum atomic E-state index is 11.7. The van der Waals surface area contributed by atoms with Gasteiger partial charge < -0.3 is 19.7 Å². The molecule has 0 atom stereocenters. The molecule has 0 aromatic rings. The van der Waals surface area contributed by atoms with E-state index in [2.05, 4.69) is 24.5 Å². The van der Waals surface area contributed by atoms with Gasteiger partial charge in [0.05, 0.1) is 55.1 Å². The van der Waals surface area contributed by atoms with Crippen LogP contribution in [0.4, 0.5) is 0 Å². The Morgan fingerprint density at radius 1 is 0.447 bits per heavy atom. The van der Waals surface area contributed by atoms with Crippen molar-refractivity contribution < 1.29 is 36.1 Å². The molecule has 47 heavy (non-hydrogen) atoms. The third-order valence-electron chi connectivity index (χ3n) is 7.94. The predicted octanol–water partition coefficient (Wildman–Crippen LogP) is 6.90. The second kappa shape index (κ2) is 33.5. The van der Waals surface area contributed by atoms with Gasteiger partial charge in [-0.2, -0.15) is 0 Å². The van der Waals surface area contributed by atoms with Crippen molar-refractivity contribution in [2.75, 3.05) is 68.5 Å². The highest BCUT2D eigenvalue weighted by Crippen LogP contribution is 2.11. The molecule has 0 fully saturated rings. The molecule has 11 heteroatoms. The molecule has 0 unspecified atom stereocenters. The Bertz CT molecular complexity index is 751. The van der Waals surface area contributed by atoms with Crippen LogP contribution in [0, 0.1) is 0 Å². The summed E-state index contributed by atoms with van der Waals surface area (Å²) in [6.07, 6.45) is 28.8.